The lowest BCUT2D eigenvalue weighted by Gasteiger charge is -2.22. The van der Waals surface area contributed by atoms with Crippen molar-refractivity contribution < 1.29 is 0 Å². The van der Waals surface area contributed by atoms with Crippen molar-refractivity contribution in [3.63, 3.8) is 0 Å². The molecule has 0 bridgehead atoms. The average molecular weight is 454 g/mol. The third-order valence-electron chi connectivity index (χ3n) is 6.12. The molecular formula is C27H27N5S. The van der Waals surface area contributed by atoms with E-state index in [1.165, 1.54) is 37.7 Å². The average Bonchev–Trinajstić information content (AvgIpc) is 3.27. The van der Waals surface area contributed by atoms with E-state index in [-0.39, 0.29) is 0 Å². The van der Waals surface area contributed by atoms with E-state index in [4.69, 9.17) is 10.1 Å². The number of hydrogen-bond acceptors (Lipinski definition) is 5. The highest BCUT2D eigenvalue weighted by Gasteiger charge is 2.16. The van der Waals surface area contributed by atoms with Crippen molar-refractivity contribution in [3.8, 4) is 11.3 Å². The maximum atomic E-state index is 4.94. The molecule has 1 aromatic carbocycles. The molecule has 0 spiro atoms. The maximum Gasteiger partial charge on any atom is 0.211 e. The Morgan fingerprint density at radius 1 is 0.970 bits per heavy atom. The fraction of sp³-hybridized carbons (Fsp3) is 0.259. The zero-order chi connectivity index (χ0) is 22.5. The zero-order valence-electron chi connectivity index (χ0n) is 18.8. The van der Waals surface area contributed by atoms with Crippen molar-refractivity contribution >= 4 is 22.7 Å². The van der Waals surface area contributed by atoms with Gasteiger partial charge >= 0.3 is 0 Å². The monoisotopic (exact) mass is 453 g/mol. The Labute approximate surface area is 198 Å². The highest BCUT2D eigenvalue weighted by Crippen LogP contribution is 2.33. The molecule has 33 heavy (non-hydrogen) atoms. The van der Waals surface area contributed by atoms with Gasteiger partial charge in [-0.1, -0.05) is 49.6 Å². The van der Waals surface area contributed by atoms with Gasteiger partial charge in [0.15, 0.2) is 0 Å². The van der Waals surface area contributed by atoms with Crippen LogP contribution in [0.5, 0.6) is 0 Å². The third kappa shape index (κ3) is 5.01. The fourth-order valence-corrected chi connectivity index (χ4v) is 5.19. The Hall–Kier alpha value is -3.38. The lowest BCUT2D eigenvalue weighted by molar-refractivity contribution is 0.443. The van der Waals surface area contributed by atoms with Gasteiger partial charge in [0.1, 0.15) is 0 Å². The lowest BCUT2D eigenvalue weighted by atomic mass is 9.84. The van der Waals surface area contributed by atoms with Crippen LogP contribution in [-0.4, -0.2) is 20.4 Å². The van der Waals surface area contributed by atoms with Gasteiger partial charge in [0, 0.05) is 23.3 Å². The van der Waals surface area contributed by atoms with Gasteiger partial charge in [0.2, 0.25) is 4.80 Å². The second-order valence-corrected chi connectivity index (χ2v) is 9.23. The standard InChI is InChI=1S/C27H27N5S/c1-20(25-11-5-6-17-29-25)31-32-26(19-33-27(32)30-24-10-7-16-28-18-24)23-14-12-22(13-15-23)21-8-3-2-4-9-21/h5-7,10-19,21H,2-4,8-9H2,1H3. The van der Waals surface area contributed by atoms with Crippen molar-refractivity contribution in [2.24, 2.45) is 10.1 Å². The van der Waals surface area contributed by atoms with Crippen LogP contribution in [0.4, 0.5) is 5.69 Å². The normalized spacial score (nSPS) is 15.7. The second kappa shape index (κ2) is 10.0. The molecule has 0 atom stereocenters. The van der Waals surface area contributed by atoms with E-state index in [9.17, 15) is 0 Å². The molecule has 1 aliphatic carbocycles. The molecular weight excluding hydrogens is 426 g/mol. The van der Waals surface area contributed by atoms with E-state index in [1.54, 1.807) is 29.9 Å². The first kappa shape index (κ1) is 21.5. The molecule has 0 unspecified atom stereocenters. The Morgan fingerprint density at radius 2 is 1.82 bits per heavy atom. The van der Waals surface area contributed by atoms with Crippen LogP contribution in [0.15, 0.2) is 88.7 Å². The van der Waals surface area contributed by atoms with Crippen LogP contribution in [0.3, 0.4) is 0 Å². The summed E-state index contributed by atoms with van der Waals surface area (Å²) in [6, 6.07) is 18.7. The molecule has 0 N–H and O–H groups in total. The molecule has 1 aliphatic rings. The minimum atomic E-state index is 0.697. The van der Waals surface area contributed by atoms with Crippen LogP contribution in [0.2, 0.25) is 0 Å². The number of nitrogens with zero attached hydrogens (tertiary/aromatic N) is 5. The molecule has 0 saturated heterocycles. The first-order valence-electron chi connectivity index (χ1n) is 11.5. The van der Waals surface area contributed by atoms with Crippen LogP contribution in [0.25, 0.3) is 11.3 Å². The minimum absolute atomic E-state index is 0.697. The predicted molar refractivity (Wildman–Crippen MR) is 135 cm³/mol. The fourth-order valence-electron chi connectivity index (χ4n) is 4.34. The van der Waals surface area contributed by atoms with Crippen molar-refractivity contribution in [3.05, 3.63) is 94.6 Å². The number of thiazole rings is 1. The molecule has 3 heterocycles. The van der Waals surface area contributed by atoms with E-state index < -0.39 is 0 Å². The van der Waals surface area contributed by atoms with Crippen LogP contribution in [0.1, 0.15) is 56.2 Å². The molecule has 5 rings (SSSR count). The number of aromatic nitrogens is 3. The summed E-state index contributed by atoms with van der Waals surface area (Å²) >= 11 is 1.58. The van der Waals surface area contributed by atoms with Gasteiger partial charge in [-0.25, -0.2) is 9.67 Å². The maximum absolute atomic E-state index is 4.94. The Bertz CT molecular complexity index is 1280. The summed E-state index contributed by atoms with van der Waals surface area (Å²) in [7, 11) is 0. The molecule has 1 saturated carbocycles. The number of benzene rings is 1. The Kier molecular flexibility index (Phi) is 6.53. The van der Waals surface area contributed by atoms with Gasteiger partial charge in [0.25, 0.3) is 0 Å². The van der Waals surface area contributed by atoms with E-state index in [0.29, 0.717) is 5.92 Å². The van der Waals surface area contributed by atoms with Gasteiger partial charge in [0.05, 0.1) is 29.0 Å². The Balaban J connectivity index is 1.57. The summed E-state index contributed by atoms with van der Waals surface area (Å²) in [4.78, 5) is 14.3. The van der Waals surface area contributed by atoms with Gasteiger partial charge in [-0.15, -0.1) is 11.3 Å². The van der Waals surface area contributed by atoms with Gasteiger partial charge < -0.3 is 0 Å². The highest BCUT2D eigenvalue weighted by molar-refractivity contribution is 7.07. The summed E-state index contributed by atoms with van der Waals surface area (Å²) in [5.41, 5.74) is 6.10. The molecule has 1 fully saturated rings. The number of hydrogen-bond donors (Lipinski definition) is 0. The molecule has 6 heteroatoms. The first-order chi connectivity index (χ1) is 16.3. The van der Waals surface area contributed by atoms with E-state index >= 15 is 0 Å². The smallest absolute Gasteiger partial charge is 0.211 e. The van der Waals surface area contributed by atoms with Crippen LogP contribution < -0.4 is 4.80 Å². The first-order valence-corrected chi connectivity index (χ1v) is 12.4. The van der Waals surface area contributed by atoms with E-state index in [0.717, 1.165) is 33.2 Å². The minimum Gasteiger partial charge on any atom is -0.262 e. The predicted octanol–water partition coefficient (Wildman–Crippen LogP) is 6.56. The molecule has 0 amide bonds. The van der Waals surface area contributed by atoms with Crippen molar-refractivity contribution in [1.82, 2.24) is 14.6 Å². The molecule has 4 aromatic rings. The van der Waals surface area contributed by atoms with Crippen molar-refractivity contribution in [1.29, 1.82) is 0 Å². The summed E-state index contributed by atoms with van der Waals surface area (Å²) in [5.74, 6) is 0.697. The lowest BCUT2D eigenvalue weighted by Crippen LogP contribution is -2.14. The largest absolute Gasteiger partial charge is 0.262 e. The molecule has 0 aliphatic heterocycles. The third-order valence-corrected chi connectivity index (χ3v) is 6.94. The molecule has 3 aromatic heterocycles. The quantitative estimate of drug-likeness (QED) is 0.321. The highest BCUT2D eigenvalue weighted by atomic mass is 32.1. The zero-order valence-corrected chi connectivity index (χ0v) is 19.6. The SMILES string of the molecule is CC(=Nn1c(-c2ccc(C3CCCCC3)cc2)csc1=Nc1cccnc1)c1ccccn1. The van der Waals surface area contributed by atoms with Crippen molar-refractivity contribution in [2.45, 2.75) is 44.9 Å². The van der Waals surface area contributed by atoms with E-state index in [1.807, 2.05) is 41.9 Å². The van der Waals surface area contributed by atoms with Crippen LogP contribution in [-0.2, 0) is 0 Å². The van der Waals surface area contributed by atoms with Gasteiger partial charge in [-0.05, 0) is 55.5 Å². The summed E-state index contributed by atoms with van der Waals surface area (Å²) in [6.07, 6.45) is 12.0. The van der Waals surface area contributed by atoms with Crippen LogP contribution in [0, 0.1) is 0 Å². The number of pyridine rings is 2. The summed E-state index contributed by atoms with van der Waals surface area (Å²) in [5, 5.41) is 7.07. The summed E-state index contributed by atoms with van der Waals surface area (Å²) < 4.78 is 1.93. The summed E-state index contributed by atoms with van der Waals surface area (Å²) in [6.45, 7) is 1.98. The topological polar surface area (TPSA) is 55.4 Å². The Morgan fingerprint density at radius 3 is 2.55 bits per heavy atom. The number of rotatable bonds is 5. The molecule has 5 nitrogen and oxygen atoms in total. The van der Waals surface area contributed by atoms with Crippen molar-refractivity contribution in [2.75, 3.05) is 0 Å². The van der Waals surface area contributed by atoms with Gasteiger partial charge in [-0.2, -0.15) is 5.10 Å². The molecule has 0 radical (unpaired) electrons. The van der Waals surface area contributed by atoms with E-state index in [2.05, 4.69) is 39.6 Å². The van der Waals surface area contributed by atoms with Gasteiger partial charge in [-0.3, -0.25) is 9.97 Å². The second-order valence-electron chi connectivity index (χ2n) is 8.40. The molecule has 166 valence electrons. The van der Waals surface area contributed by atoms with Crippen LogP contribution >= 0.6 is 11.3 Å².